The number of aryl methyl sites for hydroxylation is 3. The van der Waals surface area contributed by atoms with Crippen molar-refractivity contribution in [2.75, 3.05) is 0 Å². The minimum atomic E-state index is 0. The molecule has 0 N–H and O–H groups in total. The summed E-state index contributed by atoms with van der Waals surface area (Å²) in [5, 5.41) is 4.04. The van der Waals surface area contributed by atoms with Crippen LogP contribution >= 0.6 is 0 Å². The van der Waals surface area contributed by atoms with Gasteiger partial charge in [0.1, 0.15) is 5.82 Å². The molecule has 0 aliphatic rings. The molecule has 0 saturated carbocycles. The largest absolute Gasteiger partial charge is 2.00 e. The van der Waals surface area contributed by atoms with Gasteiger partial charge in [0.25, 0.3) is 0 Å². The zero-order chi connectivity index (χ0) is 30.9. The van der Waals surface area contributed by atoms with Crippen molar-refractivity contribution in [1.82, 2.24) is 23.9 Å². The first-order chi connectivity index (χ1) is 22.5. The van der Waals surface area contributed by atoms with E-state index in [0.29, 0.717) is 11.5 Å². The van der Waals surface area contributed by atoms with Crippen molar-refractivity contribution in [3.63, 3.8) is 0 Å². The van der Waals surface area contributed by atoms with Gasteiger partial charge < -0.3 is 13.7 Å². The van der Waals surface area contributed by atoms with Crippen LogP contribution in [-0.4, -0.2) is 23.9 Å². The minimum absolute atomic E-state index is 0. The fraction of sp³-hybridized carbons (Fsp3) is 0.0750. The number of pyridine rings is 3. The van der Waals surface area contributed by atoms with E-state index in [-0.39, 0.29) is 21.1 Å². The van der Waals surface area contributed by atoms with Gasteiger partial charge in [-0.05, 0) is 67.6 Å². The number of nitrogens with zero attached hydrogens (tertiary/aromatic N) is 5. The third kappa shape index (κ3) is 4.63. The Bertz CT molecular complexity index is 2630. The molecular formula is C40H27N5OPt. The number of rotatable bonds is 4. The topological polar surface area (TPSA) is 57.2 Å². The summed E-state index contributed by atoms with van der Waals surface area (Å²) in [7, 11) is 0. The molecule has 0 aliphatic carbocycles. The summed E-state index contributed by atoms with van der Waals surface area (Å²) in [4.78, 5) is 14.6. The molecule has 0 spiro atoms. The number of hydrogen-bond acceptors (Lipinski definition) is 4. The standard InChI is InChI=1S/C40H27N5O.Pt/c1-24-19-25(2)38(26(3)20-24)33-23-44-35-11-8-18-42-39(35)31-16-14-27(21-32(31)40(44)43-33)46-28-13-15-30-29-9-4-5-10-34(29)45(36(30)22-28)37-12-6-7-17-41-37;/h4-20,23H,1-3H3;/q-2;+2. The molecule has 0 saturated heterocycles. The van der Waals surface area contributed by atoms with Crippen molar-refractivity contribution in [2.24, 2.45) is 0 Å². The van der Waals surface area contributed by atoms with Gasteiger partial charge in [0.05, 0.1) is 22.4 Å². The first kappa shape index (κ1) is 29.1. The second-order valence-electron chi connectivity index (χ2n) is 11.8. The Morgan fingerprint density at radius 2 is 1.40 bits per heavy atom. The molecule has 0 radical (unpaired) electrons. The van der Waals surface area contributed by atoms with Gasteiger partial charge in [-0.2, -0.15) is 6.07 Å². The van der Waals surface area contributed by atoms with E-state index in [9.17, 15) is 0 Å². The quantitative estimate of drug-likeness (QED) is 0.132. The van der Waals surface area contributed by atoms with E-state index in [1.165, 1.54) is 16.7 Å². The van der Waals surface area contributed by atoms with Crippen LogP contribution in [0.1, 0.15) is 16.7 Å². The first-order valence-corrected chi connectivity index (χ1v) is 15.3. The molecule has 9 rings (SSSR count). The van der Waals surface area contributed by atoms with Crippen LogP contribution in [0.3, 0.4) is 0 Å². The second-order valence-corrected chi connectivity index (χ2v) is 11.8. The van der Waals surface area contributed by atoms with Crippen molar-refractivity contribution in [2.45, 2.75) is 20.8 Å². The summed E-state index contributed by atoms with van der Waals surface area (Å²) in [5.41, 5.74) is 10.4. The van der Waals surface area contributed by atoms with Gasteiger partial charge in [-0.3, -0.25) is 9.97 Å². The van der Waals surface area contributed by atoms with Crippen molar-refractivity contribution in [1.29, 1.82) is 0 Å². The Balaban J connectivity index is 0.00000324. The number of benzene rings is 4. The Hall–Kier alpha value is -5.32. The van der Waals surface area contributed by atoms with E-state index in [1.54, 1.807) is 0 Å². The van der Waals surface area contributed by atoms with Crippen molar-refractivity contribution in [3.05, 3.63) is 138 Å². The van der Waals surface area contributed by atoms with Gasteiger partial charge in [-0.1, -0.05) is 70.4 Å². The summed E-state index contributed by atoms with van der Waals surface area (Å²) >= 11 is 0. The number of para-hydroxylation sites is 1. The predicted molar refractivity (Wildman–Crippen MR) is 184 cm³/mol. The minimum Gasteiger partial charge on any atom is -0.503 e. The van der Waals surface area contributed by atoms with E-state index in [4.69, 9.17) is 14.7 Å². The average Bonchev–Trinajstić information content (AvgIpc) is 3.65. The fourth-order valence-corrected chi connectivity index (χ4v) is 6.93. The van der Waals surface area contributed by atoms with Crippen LogP contribution in [0.15, 0.2) is 110 Å². The van der Waals surface area contributed by atoms with Crippen LogP contribution < -0.4 is 4.74 Å². The number of aromatic nitrogens is 5. The van der Waals surface area contributed by atoms with Gasteiger partial charge in [0.15, 0.2) is 0 Å². The van der Waals surface area contributed by atoms with Gasteiger partial charge in [-0.25, -0.2) is 4.98 Å². The number of ether oxygens (including phenoxy) is 1. The van der Waals surface area contributed by atoms with E-state index < -0.39 is 0 Å². The molecule has 0 amide bonds. The average molecular weight is 789 g/mol. The smallest absolute Gasteiger partial charge is 0.503 e. The molecule has 7 heteroatoms. The molecule has 0 bridgehead atoms. The van der Waals surface area contributed by atoms with E-state index >= 15 is 0 Å². The second kappa shape index (κ2) is 11.2. The fourth-order valence-electron chi connectivity index (χ4n) is 6.93. The molecule has 0 aliphatic heterocycles. The maximum atomic E-state index is 6.48. The maximum Gasteiger partial charge on any atom is 2.00 e. The molecule has 228 valence electrons. The van der Waals surface area contributed by atoms with Gasteiger partial charge in [0.2, 0.25) is 0 Å². The molecule has 0 atom stereocenters. The molecule has 0 fully saturated rings. The summed E-state index contributed by atoms with van der Waals surface area (Å²) in [6.07, 6.45) is 5.75. The van der Waals surface area contributed by atoms with E-state index in [1.807, 2.05) is 54.9 Å². The molecule has 0 unspecified atom stereocenters. The summed E-state index contributed by atoms with van der Waals surface area (Å²) < 4.78 is 10.7. The van der Waals surface area contributed by atoms with Crippen LogP contribution in [-0.2, 0) is 21.1 Å². The Labute approximate surface area is 285 Å². The van der Waals surface area contributed by atoms with Crippen LogP contribution in [0.25, 0.3) is 66.3 Å². The zero-order valence-corrected chi connectivity index (χ0v) is 28.1. The molecule has 5 heterocycles. The number of hydrogen-bond donors (Lipinski definition) is 0. The molecule has 9 aromatic rings. The van der Waals surface area contributed by atoms with Crippen molar-refractivity contribution < 1.29 is 25.8 Å². The first-order valence-electron chi connectivity index (χ1n) is 15.3. The predicted octanol–water partition coefficient (Wildman–Crippen LogP) is 9.51. The third-order valence-electron chi connectivity index (χ3n) is 8.74. The Kier molecular flexibility index (Phi) is 6.92. The zero-order valence-electron chi connectivity index (χ0n) is 25.9. The van der Waals surface area contributed by atoms with Crippen molar-refractivity contribution >= 4 is 49.3 Å². The summed E-state index contributed by atoms with van der Waals surface area (Å²) in [6, 6.07) is 37.9. The van der Waals surface area contributed by atoms with Crippen LogP contribution in [0.4, 0.5) is 0 Å². The van der Waals surface area contributed by atoms with Gasteiger partial charge in [-0.15, -0.1) is 23.6 Å². The third-order valence-corrected chi connectivity index (χ3v) is 8.74. The van der Waals surface area contributed by atoms with Gasteiger partial charge in [0, 0.05) is 41.2 Å². The molecule has 4 aromatic carbocycles. The molecular weight excluding hydrogens is 762 g/mol. The van der Waals surface area contributed by atoms with Crippen LogP contribution in [0.2, 0.25) is 0 Å². The molecule has 5 aromatic heterocycles. The van der Waals surface area contributed by atoms with Gasteiger partial charge >= 0.3 is 21.1 Å². The normalized spacial score (nSPS) is 11.6. The molecule has 47 heavy (non-hydrogen) atoms. The van der Waals surface area contributed by atoms with E-state index in [0.717, 1.165) is 66.3 Å². The summed E-state index contributed by atoms with van der Waals surface area (Å²) in [5.74, 6) is 2.00. The Morgan fingerprint density at radius 3 is 2.21 bits per heavy atom. The van der Waals surface area contributed by atoms with Crippen LogP contribution in [0.5, 0.6) is 11.5 Å². The maximum absolute atomic E-state index is 6.48. The number of imidazole rings is 1. The van der Waals surface area contributed by atoms with E-state index in [2.05, 4.69) is 102 Å². The SMILES string of the molecule is Cc1cc(C)c(-c2cn3c4cccnc4c4ccc(Oc5[c-]c6c(cc5)c5ccccc5n6-c5ccccn5)[c-]c4c3n2)c(C)c1.[Pt+2]. The monoisotopic (exact) mass is 788 g/mol. The van der Waals surface area contributed by atoms with Crippen LogP contribution in [0, 0.1) is 32.9 Å². The van der Waals surface area contributed by atoms with Crippen molar-refractivity contribution in [3.8, 4) is 28.6 Å². The molecule has 6 nitrogen and oxygen atoms in total. The number of fused-ring (bicyclic) bond motifs is 9. The Morgan fingerprint density at radius 1 is 0.681 bits per heavy atom. The summed E-state index contributed by atoms with van der Waals surface area (Å²) in [6.45, 7) is 6.43.